The Balaban J connectivity index is 1.47. The third-order valence-corrected chi connectivity index (χ3v) is 7.90. The number of likely N-dealkylation sites (tertiary alicyclic amines) is 1. The van der Waals surface area contributed by atoms with Gasteiger partial charge in [0.25, 0.3) is 0 Å². The lowest BCUT2D eigenvalue weighted by atomic mass is 9.95. The number of aromatic nitrogens is 1. The third kappa shape index (κ3) is 2.71. The Morgan fingerprint density at radius 2 is 2.04 bits per heavy atom. The number of aryl methyl sites for hydroxylation is 1. The molecule has 2 aliphatic rings. The molecule has 0 N–H and O–H groups in total. The second-order valence-electron chi connectivity index (χ2n) is 7.42. The maximum absolute atomic E-state index is 13.1. The molecule has 2 unspecified atom stereocenters. The van der Waals surface area contributed by atoms with Gasteiger partial charge >= 0.3 is 0 Å². The monoisotopic (exact) mass is 380 g/mol. The van der Waals surface area contributed by atoms with Crippen molar-refractivity contribution in [1.82, 2.24) is 9.88 Å². The lowest BCUT2D eigenvalue weighted by Gasteiger charge is -2.17. The Bertz CT molecular complexity index is 1110. The highest BCUT2D eigenvalue weighted by molar-refractivity contribution is 7.92. The lowest BCUT2D eigenvalue weighted by molar-refractivity contribution is 0.321. The summed E-state index contributed by atoms with van der Waals surface area (Å²) in [6, 6.07) is 13.5. The smallest absolute Gasteiger partial charge is 0.183 e. The van der Waals surface area contributed by atoms with E-state index in [2.05, 4.69) is 9.88 Å². The van der Waals surface area contributed by atoms with Gasteiger partial charge in [-0.3, -0.25) is 9.88 Å². The number of sulfone groups is 1. The molecule has 5 rings (SSSR count). The number of pyridine rings is 1. The predicted molar refractivity (Wildman–Crippen MR) is 102 cm³/mol. The van der Waals surface area contributed by atoms with Crippen molar-refractivity contribution in [2.24, 2.45) is 0 Å². The molecule has 1 aromatic carbocycles. The number of rotatable bonds is 3. The average Bonchev–Trinajstić information content (AvgIpc) is 3.34. The van der Waals surface area contributed by atoms with E-state index in [0.717, 1.165) is 34.6 Å². The van der Waals surface area contributed by atoms with Crippen LogP contribution in [0.2, 0.25) is 0 Å². The molecule has 4 heterocycles. The molecule has 2 aliphatic heterocycles. The van der Waals surface area contributed by atoms with Crippen molar-refractivity contribution in [1.29, 1.82) is 0 Å². The van der Waals surface area contributed by atoms with Crippen molar-refractivity contribution in [3.8, 4) is 11.1 Å². The van der Waals surface area contributed by atoms with Gasteiger partial charge in [-0.2, -0.15) is 0 Å². The lowest BCUT2D eigenvalue weighted by Crippen LogP contribution is -2.26. The number of fused-ring (bicyclic) bond motifs is 3. The van der Waals surface area contributed by atoms with Crippen LogP contribution in [0.3, 0.4) is 0 Å². The molecule has 1 fully saturated rings. The first-order valence-corrected chi connectivity index (χ1v) is 10.6. The minimum absolute atomic E-state index is 0.0154. The van der Waals surface area contributed by atoms with Gasteiger partial charge in [0.15, 0.2) is 9.84 Å². The fourth-order valence-corrected chi connectivity index (χ4v) is 6.57. The first-order valence-electron chi connectivity index (χ1n) is 9.08. The van der Waals surface area contributed by atoms with Gasteiger partial charge < -0.3 is 4.42 Å². The summed E-state index contributed by atoms with van der Waals surface area (Å²) in [6.07, 6.45) is 3.32. The number of nitrogens with zero attached hydrogens (tertiary/aromatic N) is 2. The summed E-state index contributed by atoms with van der Waals surface area (Å²) in [5.41, 5.74) is 4.88. The molecule has 0 saturated carbocycles. The molecule has 0 bridgehead atoms. The highest BCUT2D eigenvalue weighted by Crippen LogP contribution is 2.46. The second kappa shape index (κ2) is 6.04. The quantitative estimate of drug-likeness (QED) is 0.697. The van der Waals surface area contributed by atoms with Crippen LogP contribution in [0.25, 0.3) is 11.1 Å². The van der Waals surface area contributed by atoms with E-state index in [4.69, 9.17) is 4.42 Å². The normalized spacial score (nSPS) is 23.3. The van der Waals surface area contributed by atoms with Crippen LogP contribution in [0.4, 0.5) is 0 Å². The van der Waals surface area contributed by atoms with Gasteiger partial charge in [0.05, 0.1) is 28.4 Å². The molecule has 6 heteroatoms. The van der Waals surface area contributed by atoms with E-state index in [9.17, 15) is 8.42 Å². The van der Waals surface area contributed by atoms with Gasteiger partial charge in [0.1, 0.15) is 0 Å². The van der Waals surface area contributed by atoms with Crippen LogP contribution in [0, 0.1) is 6.92 Å². The topological polar surface area (TPSA) is 63.4 Å². The van der Waals surface area contributed by atoms with Gasteiger partial charge in [0.2, 0.25) is 0 Å². The fourth-order valence-electron chi connectivity index (χ4n) is 4.38. The first kappa shape index (κ1) is 16.7. The zero-order valence-electron chi connectivity index (χ0n) is 15.0. The predicted octanol–water partition coefficient (Wildman–Crippen LogP) is 3.41. The van der Waals surface area contributed by atoms with Gasteiger partial charge in [-0.25, -0.2) is 8.42 Å². The Labute approximate surface area is 158 Å². The molecule has 0 aliphatic carbocycles. The summed E-state index contributed by atoms with van der Waals surface area (Å²) in [7, 11) is -3.29. The van der Waals surface area contributed by atoms with Crippen molar-refractivity contribution >= 4 is 9.84 Å². The number of hydrogen-bond acceptors (Lipinski definition) is 5. The number of furan rings is 1. The van der Waals surface area contributed by atoms with Crippen LogP contribution >= 0.6 is 0 Å². The molecule has 138 valence electrons. The van der Waals surface area contributed by atoms with Crippen molar-refractivity contribution in [2.45, 2.75) is 29.5 Å². The summed E-state index contributed by atoms with van der Waals surface area (Å²) in [6.45, 7) is 3.95. The molecule has 0 amide bonds. The van der Waals surface area contributed by atoms with E-state index in [1.54, 1.807) is 18.6 Å². The van der Waals surface area contributed by atoms with E-state index in [-0.39, 0.29) is 11.2 Å². The van der Waals surface area contributed by atoms with Crippen LogP contribution in [-0.2, 0) is 16.4 Å². The molecule has 0 spiro atoms. The molecule has 27 heavy (non-hydrogen) atoms. The third-order valence-electron chi connectivity index (χ3n) is 5.64. The van der Waals surface area contributed by atoms with Gasteiger partial charge in [-0.05, 0) is 48.4 Å². The van der Waals surface area contributed by atoms with Gasteiger partial charge in [0, 0.05) is 36.8 Å². The average molecular weight is 380 g/mol. The molecule has 5 nitrogen and oxygen atoms in total. The highest BCUT2D eigenvalue weighted by Gasteiger charge is 2.50. The maximum Gasteiger partial charge on any atom is 0.183 e. The van der Waals surface area contributed by atoms with Crippen molar-refractivity contribution in [3.05, 3.63) is 71.9 Å². The zero-order valence-corrected chi connectivity index (χ0v) is 15.8. The fraction of sp³-hybridized carbons (Fsp3) is 0.286. The summed E-state index contributed by atoms with van der Waals surface area (Å²) < 4.78 is 31.3. The summed E-state index contributed by atoms with van der Waals surface area (Å²) in [5, 5.41) is -0.364. The van der Waals surface area contributed by atoms with Crippen molar-refractivity contribution in [3.63, 3.8) is 0 Å². The van der Waals surface area contributed by atoms with Gasteiger partial charge in [-0.15, -0.1) is 0 Å². The SMILES string of the molecule is Cc1cccc(CN2CC3c4cc(-c5ccoc5)ccc4S(=O)(=O)C3C2)n1. The van der Waals surface area contributed by atoms with E-state index in [1.165, 1.54) is 0 Å². The summed E-state index contributed by atoms with van der Waals surface area (Å²) in [4.78, 5) is 7.27. The number of hydrogen-bond donors (Lipinski definition) is 0. The second-order valence-corrected chi connectivity index (χ2v) is 9.55. The van der Waals surface area contributed by atoms with Crippen LogP contribution < -0.4 is 0 Å². The molecule has 0 radical (unpaired) electrons. The Kier molecular flexibility index (Phi) is 3.74. The first-order chi connectivity index (χ1) is 13.0. The standard InChI is InChI=1S/C21H20N2O3S/c1-14-3-2-4-17(22-14)10-23-11-19-18-9-15(16-7-8-26-13-16)5-6-20(18)27(24,25)21(19)12-23/h2-9,13,19,21H,10-12H2,1H3. The van der Waals surface area contributed by atoms with Crippen molar-refractivity contribution < 1.29 is 12.8 Å². The molecule has 3 aromatic rings. The van der Waals surface area contributed by atoms with E-state index >= 15 is 0 Å². The minimum atomic E-state index is -3.29. The Morgan fingerprint density at radius 3 is 2.81 bits per heavy atom. The minimum Gasteiger partial charge on any atom is -0.472 e. The Hall–Kier alpha value is -2.44. The molecular formula is C21H20N2O3S. The highest BCUT2D eigenvalue weighted by atomic mass is 32.2. The van der Waals surface area contributed by atoms with E-state index < -0.39 is 9.84 Å². The molecule has 1 saturated heterocycles. The van der Waals surface area contributed by atoms with Crippen LogP contribution in [0.15, 0.2) is 64.3 Å². The molecular weight excluding hydrogens is 360 g/mol. The van der Waals surface area contributed by atoms with Crippen LogP contribution in [-0.4, -0.2) is 36.6 Å². The Morgan fingerprint density at radius 1 is 1.15 bits per heavy atom. The molecule has 2 aromatic heterocycles. The summed E-state index contributed by atoms with van der Waals surface area (Å²) in [5.74, 6) is 0.0154. The number of benzene rings is 1. The summed E-state index contributed by atoms with van der Waals surface area (Å²) >= 11 is 0. The van der Waals surface area contributed by atoms with E-state index in [0.29, 0.717) is 18.0 Å². The van der Waals surface area contributed by atoms with Gasteiger partial charge in [-0.1, -0.05) is 12.1 Å². The maximum atomic E-state index is 13.1. The van der Waals surface area contributed by atoms with E-state index in [1.807, 2.05) is 43.3 Å². The van der Waals surface area contributed by atoms with Crippen molar-refractivity contribution in [2.75, 3.05) is 13.1 Å². The zero-order chi connectivity index (χ0) is 18.6. The van der Waals surface area contributed by atoms with Crippen LogP contribution in [0.1, 0.15) is 22.9 Å². The van der Waals surface area contributed by atoms with Crippen LogP contribution in [0.5, 0.6) is 0 Å². The molecule has 2 atom stereocenters. The largest absolute Gasteiger partial charge is 0.472 e.